The third-order valence-electron chi connectivity index (χ3n) is 1.42. The lowest BCUT2D eigenvalue weighted by Gasteiger charge is -1.95. The summed E-state index contributed by atoms with van der Waals surface area (Å²) in [4.78, 5) is 4.06. The second-order valence-electron chi connectivity index (χ2n) is 2.55. The van der Waals surface area contributed by atoms with Gasteiger partial charge in [0, 0.05) is 12.4 Å². The zero-order valence-electron chi connectivity index (χ0n) is 7.45. The summed E-state index contributed by atoms with van der Waals surface area (Å²) in [6, 6.07) is 2.06. The van der Waals surface area contributed by atoms with E-state index in [9.17, 15) is 0 Å². The lowest BCUT2D eigenvalue weighted by atomic mass is 10.2. The Hall–Kier alpha value is -1.31. The molecule has 0 saturated heterocycles. The van der Waals surface area contributed by atoms with Crippen molar-refractivity contribution in [1.29, 1.82) is 0 Å². The van der Waals surface area contributed by atoms with Crippen molar-refractivity contribution in [2.45, 2.75) is 13.8 Å². The summed E-state index contributed by atoms with van der Waals surface area (Å²) < 4.78 is 5.07. The van der Waals surface area contributed by atoms with Crippen LogP contribution < -0.4 is 0 Å². The van der Waals surface area contributed by atoms with Crippen LogP contribution in [-0.2, 0) is 4.74 Å². The molecular weight excluding hydrogens is 150 g/mol. The molecule has 0 aromatic carbocycles. The van der Waals surface area contributed by atoms with Gasteiger partial charge in [0.25, 0.3) is 0 Å². The maximum atomic E-state index is 5.07. The molecule has 0 N–H and O–H groups in total. The molecule has 0 spiro atoms. The number of aryl methyl sites for hydroxylation is 1. The van der Waals surface area contributed by atoms with Gasteiger partial charge in [-0.2, -0.15) is 0 Å². The number of pyridine rings is 1. The van der Waals surface area contributed by atoms with Gasteiger partial charge in [0.05, 0.1) is 12.9 Å². The molecule has 0 amide bonds. The molecule has 1 rings (SSSR count). The van der Waals surface area contributed by atoms with E-state index in [-0.39, 0.29) is 0 Å². The fourth-order valence-corrected chi connectivity index (χ4v) is 0.892. The largest absolute Gasteiger partial charge is 0.501 e. The molecule has 0 unspecified atom stereocenters. The van der Waals surface area contributed by atoms with Gasteiger partial charge < -0.3 is 4.74 Å². The fourth-order valence-electron chi connectivity index (χ4n) is 0.892. The van der Waals surface area contributed by atoms with Crippen LogP contribution in [-0.4, -0.2) is 11.6 Å². The third-order valence-corrected chi connectivity index (χ3v) is 1.42. The van der Waals surface area contributed by atoms with Gasteiger partial charge in [-0.1, -0.05) is 0 Å². The Kier molecular flexibility index (Phi) is 3.33. The van der Waals surface area contributed by atoms with E-state index < -0.39 is 0 Å². The van der Waals surface area contributed by atoms with Crippen LogP contribution >= 0.6 is 0 Å². The number of hydrogen-bond donors (Lipinski definition) is 0. The summed E-state index contributed by atoms with van der Waals surface area (Å²) in [5, 5.41) is 0. The van der Waals surface area contributed by atoms with Crippen molar-refractivity contribution in [3.05, 3.63) is 35.8 Å². The molecule has 0 bridgehead atoms. The van der Waals surface area contributed by atoms with Crippen molar-refractivity contribution in [2.24, 2.45) is 0 Å². The van der Waals surface area contributed by atoms with Crippen molar-refractivity contribution in [2.75, 3.05) is 6.61 Å². The second-order valence-corrected chi connectivity index (χ2v) is 2.55. The van der Waals surface area contributed by atoms with Crippen LogP contribution in [0.2, 0.25) is 0 Å². The van der Waals surface area contributed by atoms with Crippen molar-refractivity contribution in [1.82, 2.24) is 4.98 Å². The first-order valence-electron chi connectivity index (χ1n) is 4.02. The van der Waals surface area contributed by atoms with Crippen LogP contribution in [0, 0.1) is 6.92 Å². The van der Waals surface area contributed by atoms with Gasteiger partial charge in [-0.25, -0.2) is 0 Å². The van der Waals surface area contributed by atoms with E-state index in [1.54, 1.807) is 6.26 Å². The minimum Gasteiger partial charge on any atom is -0.501 e. The van der Waals surface area contributed by atoms with Crippen molar-refractivity contribution >= 4 is 6.08 Å². The van der Waals surface area contributed by atoms with E-state index >= 15 is 0 Å². The molecule has 0 saturated carbocycles. The van der Waals surface area contributed by atoms with Gasteiger partial charge in [0.15, 0.2) is 0 Å². The van der Waals surface area contributed by atoms with E-state index in [2.05, 4.69) is 11.1 Å². The summed E-state index contributed by atoms with van der Waals surface area (Å²) in [5.74, 6) is 0. The molecule has 2 nitrogen and oxygen atoms in total. The molecule has 64 valence electrons. The predicted octanol–water partition coefficient (Wildman–Crippen LogP) is 2.40. The highest BCUT2D eigenvalue weighted by Crippen LogP contribution is 2.02. The standard InChI is InChI=1S/C10H13NO/c1-3-12-5-4-10-6-9(2)7-11-8-10/h4-8H,3H2,1-2H3/b5-4+. The maximum Gasteiger partial charge on any atom is 0.0845 e. The van der Waals surface area contributed by atoms with E-state index in [4.69, 9.17) is 4.74 Å². The molecule has 1 aromatic rings. The summed E-state index contributed by atoms with van der Waals surface area (Å²) >= 11 is 0. The van der Waals surface area contributed by atoms with E-state index in [1.807, 2.05) is 32.3 Å². The van der Waals surface area contributed by atoms with Gasteiger partial charge >= 0.3 is 0 Å². The quantitative estimate of drug-likeness (QED) is 0.638. The minimum atomic E-state index is 0.704. The van der Waals surface area contributed by atoms with Crippen molar-refractivity contribution < 1.29 is 4.74 Å². The van der Waals surface area contributed by atoms with Crippen LogP contribution in [0.15, 0.2) is 24.7 Å². The molecule has 0 aliphatic heterocycles. The Morgan fingerprint density at radius 2 is 2.33 bits per heavy atom. The first-order valence-corrected chi connectivity index (χ1v) is 4.02. The van der Waals surface area contributed by atoms with Gasteiger partial charge in [0.1, 0.15) is 0 Å². The van der Waals surface area contributed by atoms with E-state index in [0.29, 0.717) is 6.61 Å². The highest BCUT2D eigenvalue weighted by atomic mass is 16.5. The topological polar surface area (TPSA) is 22.1 Å². The predicted molar refractivity (Wildman–Crippen MR) is 49.6 cm³/mol. The second kappa shape index (κ2) is 4.54. The number of ether oxygens (including phenoxy) is 1. The monoisotopic (exact) mass is 163 g/mol. The molecule has 0 fully saturated rings. The molecule has 1 aromatic heterocycles. The summed E-state index contributed by atoms with van der Waals surface area (Å²) in [6.45, 7) is 4.68. The number of rotatable bonds is 3. The van der Waals surface area contributed by atoms with Crippen LogP contribution in [0.4, 0.5) is 0 Å². The minimum absolute atomic E-state index is 0.704. The number of nitrogens with zero attached hydrogens (tertiary/aromatic N) is 1. The molecule has 0 atom stereocenters. The number of aromatic nitrogens is 1. The Morgan fingerprint density at radius 1 is 1.50 bits per heavy atom. The average molecular weight is 163 g/mol. The normalized spacial score (nSPS) is 10.5. The van der Waals surface area contributed by atoms with Crippen molar-refractivity contribution in [3.8, 4) is 0 Å². The summed E-state index contributed by atoms with van der Waals surface area (Å²) in [6.07, 6.45) is 7.24. The van der Waals surface area contributed by atoms with Gasteiger partial charge in [-0.05, 0) is 37.1 Å². The van der Waals surface area contributed by atoms with Crippen LogP contribution in [0.5, 0.6) is 0 Å². The smallest absolute Gasteiger partial charge is 0.0845 e. The SMILES string of the molecule is CCO/C=C/c1cncc(C)c1. The lowest BCUT2D eigenvalue weighted by molar-refractivity contribution is 0.272. The fraction of sp³-hybridized carbons (Fsp3) is 0.300. The maximum absolute atomic E-state index is 5.07. The highest BCUT2D eigenvalue weighted by Gasteiger charge is 1.87. The van der Waals surface area contributed by atoms with Crippen molar-refractivity contribution in [3.63, 3.8) is 0 Å². The summed E-state index contributed by atoms with van der Waals surface area (Å²) in [5.41, 5.74) is 2.23. The van der Waals surface area contributed by atoms with Crippen LogP contribution in [0.25, 0.3) is 6.08 Å². The zero-order chi connectivity index (χ0) is 8.81. The van der Waals surface area contributed by atoms with Crippen LogP contribution in [0.1, 0.15) is 18.1 Å². The Labute approximate surface area is 72.9 Å². The third kappa shape index (κ3) is 2.74. The molecule has 0 radical (unpaired) electrons. The average Bonchev–Trinajstić information content (AvgIpc) is 2.05. The first kappa shape index (κ1) is 8.78. The van der Waals surface area contributed by atoms with Gasteiger partial charge in [0.2, 0.25) is 0 Å². The number of hydrogen-bond acceptors (Lipinski definition) is 2. The van der Waals surface area contributed by atoms with E-state index in [0.717, 1.165) is 11.1 Å². The molecule has 0 aliphatic rings. The first-order chi connectivity index (χ1) is 5.83. The molecule has 2 heteroatoms. The Balaban J connectivity index is 2.63. The summed E-state index contributed by atoms with van der Waals surface area (Å²) in [7, 11) is 0. The highest BCUT2D eigenvalue weighted by molar-refractivity contribution is 5.47. The Morgan fingerprint density at radius 3 is 3.00 bits per heavy atom. The Bertz CT molecular complexity index is 268. The lowest BCUT2D eigenvalue weighted by Crippen LogP contribution is -1.80. The van der Waals surface area contributed by atoms with E-state index in [1.165, 1.54) is 0 Å². The molecule has 1 heterocycles. The van der Waals surface area contributed by atoms with Crippen LogP contribution in [0.3, 0.4) is 0 Å². The van der Waals surface area contributed by atoms with Gasteiger partial charge in [-0.3, -0.25) is 4.98 Å². The molecule has 12 heavy (non-hydrogen) atoms. The zero-order valence-corrected chi connectivity index (χ0v) is 7.45. The molecule has 0 aliphatic carbocycles. The van der Waals surface area contributed by atoms with Gasteiger partial charge in [-0.15, -0.1) is 0 Å². The molecular formula is C10H13NO.